The first-order chi connectivity index (χ1) is 10.8. The highest BCUT2D eigenvalue weighted by molar-refractivity contribution is 5.97. The second-order valence-corrected chi connectivity index (χ2v) is 5.51. The van der Waals surface area contributed by atoms with Crippen molar-refractivity contribution in [2.75, 3.05) is 19.8 Å². The Kier molecular flexibility index (Phi) is 4.80. The van der Waals surface area contributed by atoms with Crippen molar-refractivity contribution >= 4 is 5.91 Å². The monoisotopic (exact) mass is 300 g/mol. The Balaban J connectivity index is 1.58. The van der Waals surface area contributed by atoms with Gasteiger partial charge in [-0.2, -0.15) is 15.4 Å². The van der Waals surface area contributed by atoms with E-state index in [1.165, 1.54) is 6.42 Å². The van der Waals surface area contributed by atoms with E-state index < -0.39 is 0 Å². The minimum Gasteiger partial charge on any atom is -0.381 e. The summed E-state index contributed by atoms with van der Waals surface area (Å²) in [5.74, 6) is 0.351. The second-order valence-electron chi connectivity index (χ2n) is 5.51. The van der Waals surface area contributed by atoms with Gasteiger partial charge < -0.3 is 10.1 Å². The molecule has 22 heavy (non-hydrogen) atoms. The van der Waals surface area contributed by atoms with Gasteiger partial charge in [-0.1, -0.05) is 30.3 Å². The summed E-state index contributed by atoms with van der Waals surface area (Å²) >= 11 is 0. The predicted octanol–water partition coefficient (Wildman–Crippen LogP) is 2.02. The molecule has 3 rings (SSSR count). The summed E-state index contributed by atoms with van der Waals surface area (Å²) in [6.45, 7) is 2.30. The number of nitrogens with zero attached hydrogens (tertiary/aromatic N) is 2. The molecule has 2 aromatic rings. The minimum absolute atomic E-state index is 0.190. The third-order valence-electron chi connectivity index (χ3n) is 3.90. The number of aromatic amines is 1. The molecule has 1 aromatic heterocycles. The zero-order valence-corrected chi connectivity index (χ0v) is 12.4. The van der Waals surface area contributed by atoms with Crippen molar-refractivity contribution in [3.8, 4) is 11.3 Å². The molecule has 0 radical (unpaired) electrons. The molecule has 1 fully saturated rings. The Morgan fingerprint density at radius 1 is 1.32 bits per heavy atom. The third kappa shape index (κ3) is 3.51. The third-order valence-corrected chi connectivity index (χ3v) is 3.90. The molecule has 1 aliphatic heterocycles. The molecule has 6 nitrogen and oxygen atoms in total. The summed E-state index contributed by atoms with van der Waals surface area (Å²) in [6, 6.07) is 9.57. The number of hydrogen-bond donors (Lipinski definition) is 2. The topological polar surface area (TPSA) is 79.9 Å². The van der Waals surface area contributed by atoms with E-state index in [0.29, 0.717) is 23.9 Å². The maximum atomic E-state index is 12.3. The van der Waals surface area contributed by atoms with Gasteiger partial charge in [0.25, 0.3) is 5.91 Å². The maximum Gasteiger partial charge on any atom is 0.274 e. The molecule has 2 N–H and O–H groups in total. The average Bonchev–Trinajstić information content (AvgIpc) is 3.06. The van der Waals surface area contributed by atoms with Gasteiger partial charge in [-0.25, -0.2) is 0 Å². The normalized spacial score (nSPS) is 18.1. The fourth-order valence-electron chi connectivity index (χ4n) is 2.70. The van der Waals surface area contributed by atoms with Crippen LogP contribution in [0.2, 0.25) is 0 Å². The molecule has 1 atom stereocenters. The molecule has 1 aromatic carbocycles. The van der Waals surface area contributed by atoms with Crippen LogP contribution in [0.25, 0.3) is 11.3 Å². The van der Waals surface area contributed by atoms with E-state index in [1.54, 1.807) is 0 Å². The Bertz CT molecular complexity index is 606. The second kappa shape index (κ2) is 7.17. The SMILES string of the molecule is O=C(NCCC1CCCOC1)c1n[nH]nc1-c1ccccc1. The van der Waals surface area contributed by atoms with E-state index in [2.05, 4.69) is 20.7 Å². The molecular weight excluding hydrogens is 280 g/mol. The summed E-state index contributed by atoms with van der Waals surface area (Å²) in [5, 5.41) is 13.5. The van der Waals surface area contributed by atoms with Crippen LogP contribution in [0.3, 0.4) is 0 Å². The van der Waals surface area contributed by atoms with Gasteiger partial charge in [0.15, 0.2) is 5.69 Å². The van der Waals surface area contributed by atoms with Gasteiger partial charge in [-0.15, -0.1) is 0 Å². The van der Waals surface area contributed by atoms with Gasteiger partial charge >= 0.3 is 0 Å². The highest BCUT2D eigenvalue weighted by Crippen LogP contribution is 2.19. The summed E-state index contributed by atoms with van der Waals surface area (Å²) in [5.41, 5.74) is 1.80. The Morgan fingerprint density at radius 3 is 2.95 bits per heavy atom. The summed E-state index contributed by atoms with van der Waals surface area (Å²) in [7, 11) is 0. The lowest BCUT2D eigenvalue weighted by molar-refractivity contribution is 0.0514. The highest BCUT2D eigenvalue weighted by Gasteiger charge is 2.18. The number of hydrogen-bond acceptors (Lipinski definition) is 4. The summed E-state index contributed by atoms with van der Waals surface area (Å²) < 4.78 is 5.45. The van der Waals surface area contributed by atoms with Crippen LogP contribution in [0.4, 0.5) is 0 Å². The number of benzene rings is 1. The predicted molar refractivity (Wildman–Crippen MR) is 82.3 cm³/mol. The van der Waals surface area contributed by atoms with Crippen LogP contribution in [0.1, 0.15) is 29.8 Å². The molecular formula is C16H20N4O2. The molecule has 0 spiro atoms. The number of carbonyl (C=O) groups is 1. The van der Waals surface area contributed by atoms with Gasteiger partial charge in [0, 0.05) is 25.3 Å². The quantitative estimate of drug-likeness (QED) is 0.885. The van der Waals surface area contributed by atoms with Crippen LogP contribution in [0, 0.1) is 5.92 Å². The number of amides is 1. The van der Waals surface area contributed by atoms with E-state index in [9.17, 15) is 4.79 Å². The molecule has 0 aliphatic carbocycles. The van der Waals surface area contributed by atoms with Crippen LogP contribution >= 0.6 is 0 Å². The van der Waals surface area contributed by atoms with E-state index in [1.807, 2.05) is 30.3 Å². The fraction of sp³-hybridized carbons (Fsp3) is 0.438. The number of carbonyl (C=O) groups excluding carboxylic acids is 1. The Morgan fingerprint density at radius 2 is 2.18 bits per heavy atom. The number of H-pyrrole nitrogens is 1. The van der Waals surface area contributed by atoms with Gasteiger partial charge in [0.2, 0.25) is 0 Å². The van der Waals surface area contributed by atoms with Crippen LogP contribution in [0.5, 0.6) is 0 Å². The smallest absolute Gasteiger partial charge is 0.274 e. The molecule has 0 bridgehead atoms. The molecule has 116 valence electrons. The molecule has 0 saturated carbocycles. The van der Waals surface area contributed by atoms with Crippen molar-refractivity contribution in [3.05, 3.63) is 36.0 Å². The lowest BCUT2D eigenvalue weighted by Gasteiger charge is -2.21. The highest BCUT2D eigenvalue weighted by atomic mass is 16.5. The maximum absolute atomic E-state index is 12.3. The van der Waals surface area contributed by atoms with Crippen molar-refractivity contribution < 1.29 is 9.53 Å². The zero-order chi connectivity index (χ0) is 15.2. The molecule has 6 heteroatoms. The number of nitrogens with one attached hydrogen (secondary N) is 2. The lowest BCUT2D eigenvalue weighted by Crippen LogP contribution is -2.28. The van der Waals surface area contributed by atoms with Crippen molar-refractivity contribution in [2.24, 2.45) is 5.92 Å². The van der Waals surface area contributed by atoms with Crippen LogP contribution in [-0.4, -0.2) is 41.1 Å². The molecule has 2 heterocycles. The van der Waals surface area contributed by atoms with E-state index in [0.717, 1.165) is 31.6 Å². The van der Waals surface area contributed by atoms with Gasteiger partial charge in [0.1, 0.15) is 5.69 Å². The fourth-order valence-corrected chi connectivity index (χ4v) is 2.70. The first-order valence-electron chi connectivity index (χ1n) is 7.66. The summed E-state index contributed by atoms with van der Waals surface area (Å²) in [6.07, 6.45) is 3.22. The van der Waals surface area contributed by atoms with Crippen molar-refractivity contribution in [1.29, 1.82) is 0 Å². The van der Waals surface area contributed by atoms with Gasteiger partial charge in [0.05, 0.1) is 0 Å². The van der Waals surface area contributed by atoms with Crippen molar-refractivity contribution in [1.82, 2.24) is 20.7 Å². The zero-order valence-electron chi connectivity index (χ0n) is 12.4. The lowest BCUT2D eigenvalue weighted by atomic mass is 9.99. The van der Waals surface area contributed by atoms with Crippen LogP contribution in [0.15, 0.2) is 30.3 Å². The largest absolute Gasteiger partial charge is 0.381 e. The van der Waals surface area contributed by atoms with Gasteiger partial charge in [-0.3, -0.25) is 4.79 Å². The molecule has 1 unspecified atom stereocenters. The van der Waals surface area contributed by atoms with E-state index >= 15 is 0 Å². The average molecular weight is 300 g/mol. The molecule has 1 saturated heterocycles. The molecule has 1 amide bonds. The number of aromatic nitrogens is 3. The first kappa shape index (κ1) is 14.7. The Labute approximate surface area is 129 Å². The van der Waals surface area contributed by atoms with Crippen molar-refractivity contribution in [2.45, 2.75) is 19.3 Å². The van der Waals surface area contributed by atoms with Crippen LogP contribution in [-0.2, 0) is 4.74 Å². The standard InChI is InChI=1S/C16H20N4O2/c21-16(17-9-8-12-5-4-10-22-11-12)15-14(18-20-19-15)13-6-2-1-3-7-13/h1-3,6-7,12H,4-5,8-11H2,(H,17,21)(H,18,19,20). The van der Waals surface area contributed by atoms with E-state index in [4.69, 9.17) is 4.74 Å². The minimum atomic E-state index is -0.190. The van der Waals surface area contributed by atoms with Gasteiger partial charge in [-0.05, 0) is 25.2 Å². The Hall–Kier alpha value is -2.21. The molecule has 1 aliphatic rings. The number of ether oxygens (including phenoxy) is 1. The first-order valence-corrected chi connectivity index (χ1v) is 7.66. The van der Waals surface area contributed by atoms with E-state index in [-0.39, 0.29) is 5.91 Å². The summed E-state index contributed by atoms with van der Waals surface area (Å²) in [4.78, 5) is 12.3. The van der Waals surface area contributed by atoms with Crippen LogP contribution < -0.4 is 5.32 Å². The van der Waals surface area contributed by atoms with Crippen molar-refractivity contribution in [3.63, 3.8) is 0 Å². The number of rotatable bonds is 5.